The Morgan fingerprint density at radius 3 is 1.77 bits per heavy atom. The molecule has 3 rings (SSSR count). The van der Waals surface area contributed by atoms with E-state index in [1.807, 2.05) is 0 Å². The van der Waals surface area contributed by atoms with Crippen LogP contribution in [0.4, 0.5) is 0 Å². The van der Waals surface area contributed by atoms with Gasteiger partial charge in [-0.2, -0.15) is 0 Å². The Kier molecular flexibility index (Phi) is 15.3. The van der Waals surface area contributed by atoms with Crippen molar-refractivity contribution in [1.29, 1.82) is 0 Å². The lowest BCUT2D eigenvalue weighted by atomic mass is 9.94. The Morgan fingerprint density at radius 1 is 0.708 bits per heavy atom. The van der Waals surface area contributed by atoms with E-state index in [4.69, 9.17) is 28.4 Å². The van der Waals surface area contributed by atoms with E-state index < -0.39 is 149 Å². The van der Waals surface area contributed by atoms with Gasteiger partial charge in [0.05, 0.1) is 26.4 Å². The van der Waals surface area contributed by atoms with Crippen LogP contribution in [0.3, 0.4) is 0 Å². The van der Waals surface area contributed by atoms with E-state index >= 15 is 0 Å². The average Bonchev–Trinajstić information content (AvgIpc) is 3.07. The standard InChI is InChI=1S/C26H45NO21/c1-7(33)27-13-23(48-25-19(41)17(39)15(37)10(4-30)44-25)16(38)11(5-31)43-24(13)47-22-12(6-32)45-26(20(42)18(22)40)46-21(9(35)3-29)14(36)8(34)2-28/h2,8-26,29-32,34-42H,3-6H2,1H3,(H,27,33)/t8-,9+,10+,11+,12+,13+,14+,15-,16-,17-,18+,19+,20+,21+,22-,23+,24-,25-,26-/m0/s1. The van der Waals surface area contributed by atoms with Gasteiger partial charge in [-0.15, -0.1) is 0 Å². The number of rotatable bonds is 15. The van der Waals surface area contributed by atoms with Crippen LogP contribution < -0.4 is 5.32 Å². The molecule has 3 saturated heterocycles. The van der Waals surface area contributed by atoms with E-state index in [1.165, 1.54) is 0 Å². The van der Waals surface area contributed by atoms with Crippen LogP contribution in [-0.4, -0.2) is 221 Å². The van der Waals surface area contributed by atoms with Crippen LogP contribution in [0, 0.1) is 0 Å². The molecular formula is C26H45NO21. The number of hydrogen-bond donors (Lipinski definition) is 14. The molecule has 0 spiro atoms. The molecule has 22 heteroatoms. The number of amides is 1. The predicted octanol–water partition coefficient (Wildman–Crippen LogP) is -9.76. The maximum Gasteiger partial charge on any atom is 0.217 e. The Bertz CT molecular complexity index is 1010. The summed E-state index contributed by atoms with van der Waals surface area (Å²) in [6, 6.07) is -1.60. The molecule has 3 aliphatic heterocycles. The highest BCUT2D eigenvalue weighted by Gasteiger charge is 2.55. The quantitative estimate of drug-likeness (QED) is 0.0702. The van der Waals surface area contributed by atoms with Crippen LogP contribution in [0.1, 0.15) is 6.92 Å². The second kappa shape index (κ2) is 18.0. The average molecular weight is 708 g/mol. The maximum atomic E-state index is 12.2. The van der Waals surface area contributed by atoms with E-state index in [-0.39, 0.29) is 6.29 Å². The molecule has 0 aromatic carbocycles. The first kappa shape index (κ1) is 40.8. The molecule has 3 heterocycles. The van der Waals surface area contributed by atoms with Crippen molar-refractivity contribution in [3.05, 3.63) is 0 Å². The van der Waals surface area contributed by atoms with Gasteiger partial charge in [-0.3, -0.25) is 4.79 Å². The molecule has 0 bridgehead atoms. The van der Waals surface area contributed by atoms with Gasteiger partial charge in [0.25, 0.3) is 0 Å². The van der Waals surface area contributed by atoms with Gasteiger partial charge in [-0.1, -0.05) is 0 Å². The molecule has 19 atom stereocenters. The summed E-state index contributed by atoms with van der Waals surface area (Å²) in [5.74, 6) is -0.772. The first-order valence-electron chi connectivity index (χ1n) is 14.9. The van der Waals surface area contributed by atoms with Gasteiger partial charge >= 0.3 is 0 Å². The fraction of sp³-hybridized carbons (Fsp3) is 0.923. The normalized spacial score (nSPS) is 43.2. The van der Waals surface area contributed by atoms with Gasteiger partial charge in [-0.25, -0.2) is 0 Å². The summed E-state index contributed by atoms with van der Waals surface area (Å²) in [6.07, 6.45) is -33.7. The van der Waals surface area contributed by atoms with Gasteiger partial charge in [0.2, 0.25) is 5.91 Å². The fourth-order valence-corrected chi connectivity index (χ4v) is 5.49. The monoisotopic (exact) mass is 707 g/mol. The summed E-state index contributed by atoms with van der Waals surface area (Å²) in [6.45, 7) is -2.72. The molecule has 14 N–H and O–H groups in total. The molecule has 1 amide bonds. The largest absolute Gasteiger partial charge is 0.394 e. The summed E-state index contributed by atoms with van der Waals surface area (Å²) < 4.78 is 33.2. The number of aldehydes is 1. The van der Waals surface area contributed by atoms with Crippen LogP contribution >= 0.6 is 0 Å². The lowest BCUT2D eigenvalue weighted by Crippen LogP contribution is -2.70. The minimum atomic E-state index is -2.16. The minimum Gasteiger partial charge on any atom is -0.394 e. The van der Waals surface area contributed by atoms with Crippen LogP contribution in [0.5, 0.6) is 0 Å². The van der Waals surface area contributed by atoms with Crippen LogP contribution in [0.15, 0.2) is 0 Å². The van der Waals surface area contributed by atoms with Crippen molar-refractivity contribution in [2.45, 2.75) is 123 Å². The van der Waals surface area contributed by atoms with E-state index in [0.29, 0.717) is 0 Å². The highest BCUT2D eigenvalue weighted by molar-refractivity contribution is 5.73. The zero-order valence-electron chi connectivity index (χ0n) is 25.5. The van der Waals surface area contributed by atoms with Gasteiger partial charge in [-0.05, 0) is 0 Å². The van der Waals surface area contributed by atoms with E-state index in [0.717, 1.165) is 6.92 Å². The number of hydrogen-bond acceptors (Lipinski definition) is 21. The maximum absolute atomic E-state index is 12.2. The number of ether oxygens (including phenoxy) is 6. The van der Waals surface area contributed by atoms with E-state index in [9.17, 15) is 76.0 Å². The van der Waals surface area contributed by atoms with Crippen LogP contribution in [-0.2, 0) is 38.0 Å². The SMILES string of the molecule is CC(=O)N[C@H]1[C@H](O[C@@H]2[C@H](O)[C@@H](O)[C@H](O[C@@H]([C@H](O)[C@@H](O)C=O)[C@H](O)CO)O[C@@H]2CO)O[C@H](CO)[C@H](O)[C@@H]1O[C@@H]1O[C@H](CO)[C@H](O)[C@H](O)[C@H]1O. The highest BCUT2D eigenvalue weighted by Crippen LogP contribution is 2.33. The molecule has 22 nitrogen and oxygen atoms in total. The van der Waals surface area contributed by atoms with Crippen molar-refractivity contribution >= 4 is 12.2 Å². The van der Waals surface area contributed by atoms with Crippen molar-refractivity contribution < 1.29 is 104 Å². The lowest BCUT2D eigenvalue weighted by Gasteiger charge is -2.49. The summed E-state index contributed by atoms with van der Waals surface area (Å²) in [7, 11) is 0. The van der Waals surface area contributed by atoms with Crippen molar-refractivity contribution in [3.63, 3.8) is 0 Å². The van der Waals surface area contributed by atoms with Crippen LogP contribution in [0.25, 0.3) is 0 Å². The summed E-state index contributed by atoms with van der Waals surface area (Å²) in [5, 5.41) is 135. The molecule has 0 unspecified atom stereocenters. The number of aliphatic hydroxyl groups excluding tert-OH is 13. The number of carbonyl (C=O) groups excluding carboxylic acids is 2. The minimum absolute atomic E-state index is 0.0979. The van der Waals surface area contributed by atoms with Crippen LogP contribution in [0.2, 0.25) is 0 Å². The first-order valence-corrected chi connectivity index (χ1v) is 14.9. The predicted molar refractivity (Wildman–Crippen MR) is 147 cm³/mol. The zero-order valence-corrected chi connectivity index (χ0v) is 25.5. The second-order valence-corrected chi connectivity index (χ2v) is 11.5. The Labute approximate surface area is 272 Å². The number of aliphatic hydroxyl groups is 13. The van der Waals surface area contributed by atoms with E-state index in [1.54, 1.807) is 0 Å². The van der Waals surface area contributed by atoms with Crippen molar-refractivity contribution in [2.24, 2.45) is 0 Å². The Balaban J connectivity index is 1.88. The number of nitrogens with one attached hydrogen (secondary N) is 1. The summed E-state index contributed by atoms with van der Waals surface area (Å²) >= 11 is 0. The molecule has 0 aromatic heterocycles. The van der Waals surface area contributed by atoms with Gasteiger partial charge in [0.1, 0.15) is 97.6 Å². The lowest BCUT2D eigenvalue weighted by molar-refractivity contribution is -0.370. The van der Waals surface area contributed by atoms with Gasteiger partial charge < -0.3 is 105 Å². The fourth-order valence-electron chi connectivity index (χ4n) is 5.49. The molecule has 280 valence electrons. The first-order chi connectivity index (χ1) is 22.6. The van der Waals surface area contributed by atoms with Crippen molar-refractivity contribution in [1.82, 2.24) is 5.32 Å². The third kappa shape index (κ3) is 8.99. The van der Waals surface area contributed by atoms with E-state index in [2.05, 4.69) is 5.32 Å². The topological polar surface area (TPSA) is 365 Å². The molecule has 3 aliphatic rings. The smallest absolute Gasteiger partial charge is 0.217 e. The number of carbonyl (C=O) groups is 2. The molecular weight excluding hydrogens is 662 g/mol. The Morgan fingerprint density at radius 2 is 1.23 bits per heavy atom. The molecule has 0 saturated carbocycles. The molecule has 48 heavy (non-hydrogen) atoms. The molecule has 0 aromatic rings. The zero-order chi connectivity index (χ0) is 36.0. The van der Waals surface area contributed by atoms with Crippen molar-refractivity contribution in [3.8, 4) is 0 Å². The van der Waals surface area contributed by atoms with Gasteiger partial charge in [0, 0.05) is 6.92 Å². The molecule has 0 aliphatic carbocycles. The summed E-state index contributed by atoms with van der Waals surface area (Å²) in [5.41, 5.74) is 0. The second-order valence-electron chi connectivity index (χ2n) is 11.5. The molecule has 0 radical (unpaired) electrons. The molecule has 3 fully saturated rings. The summed E-state index contributed by atoms with van der Waals surface area (Å²) in [4.78, 5) is 23.2. The highest BCUT2D eigenvalue weighted by atomic mass is 16.8. The van der Waals surface area contributed by atoms with Gasteiger partial charge in [0.15, 0.2) is 25.2 Å². The van der Waals surface area contributed by atoms with Crippen molar-refractivity contribution in [2.75, 3.05) is 26.4 Å². The Hall–Kier alpha value is -1.62. The third-order valence-electron chi connectivity index (χ3n) is 8.16. The third-order valence-corrected chi connectivity index (χ3v) is 8.16.